The van der Waals surface area contributed by atoms with Gasteiger partial charge in [-0.25, -0.2) is 8.42 Å². The molecule has 0 saturated carbocycles. The van der Waals surface area contributed by atoms with Crippen molar-refractivity contribution in [2.24, 2.45) is 0 Å². The van der Waals surface area contributed by atoms with Crippen molar-refractivity contribution in [1.82, 2.24) is 4.90 Å². The van der Waals surface area contributed by atoms with E-state index >= 15 is 0 Å². The summed E-state index contributed by atoms with van der Waals surface area (Å²) in [5.74, 6) is 1.49. The predicted molar refractivity (Wildman–Crippen MR) is 123 cm³/mol. The van der Waals surface area contributed by atoms with Gasteiger partial charge in [0.05, 0.1) is 12.0 Å². The topological polar surface area (TPSA) is 94.2 Å². The molecular weight excluding hydrogens is 444 g/mol. The van der Waals surface area contributed by atoms with Gasteiger partial charge in [0.25, 0.3) is 15.9 Å². The van der Waals surface area contributed by atoms with Crippen LogP contribution in [0.3, 0.4) is 0 Å². The molecule has 0 bridgehead atoms. The highest BCUT2D eigenvalue weighted by Crippen LogP contribution is 2.32. The van der Waals surface area contributed by atoms with Crippen molar-refractivity contribution in [3.05, 3.63) is 77.9 Å². The molecule has 0 unspecified atom stereocenters. The zero-order valence-corrected chi connectivity index (χ0v) is 19.1. The Morgan fingerprint density at radius 2 is 1.64 bits per heavy atom. The molecule has 3 aromatic carbocycles. The van der Waals surface area contributed by atoms with Crippen LogP contribution in [0.4, 0.5) is 5.69 Å². The minimum Gasteiger partial charge on any atom is -0.497 e. The monoisotopic (exact) mass is 468 g/mol. The highest BCUT2D eigenvalue weighted by Gasteiger charge is 2.20. The number of rotatable bonds is 7. The lowest BCUT2D eigenvalue weighted by atomic mass is 10.1. The van der Waals surface area contributed by atoms with Gasteiger partial charge < -0.3 is 19.1 Å². The summed E-state index contributed by atoms with van der Waals surface area (Å²) in [4.78, 5) is 14.4. The molecule has 0 aliphatic carbocycles. The molecule has 1 heterocycles. The van der Waals surface area contributed by atoms with Crippen LogP contribution in [0.5, 0.6) is 17.2 Å². The van der Waals surface area contributed by atoms with Crippen molar-refractivity contribution in [2.75, 3.05) is 32.1 Å². The van der Waals surface area contributed by atoms with E-state index in [2.05, 4.69) is 4.72 Å². The second-order valence-electron chi connectivity index (χ2n) is 7.50. The molecule has 1 aliphatic heterocycles. The van der Waals surface area contributed by atoms with E-state index in [1.54, 1.807) is 49.4 Å². The largest absolute Gasteiger partial charge is 0.497 e. The van der Waals surface area contributed by atoms with Crippen molar-refractivity contribution in [3.8, 4) is 17.2 Å². The van der Waals surface area contributed by atoms with Gasteiger partial charge >= 0.3 is 0 Å². The first-order valence-electron chi connectivity index (χ1n) is 10.3. The summed E-state index contributed by atoms with van der Waals surface area (Å²) < 4.78 is 44.1. The number of nitrogens with one attached hydrogen (secondary N) is 1. The Kier molecular flexibility index (Phi) is 6.41. The van der Waals surface area contributed by atoms with E-state index in [9.17, 15) is 13.2 Å². The standard InChI is InChI=1S/C24H24N2O6S/c1-26(16-17-3-9-20(30-2)10-4-17)24(27)18-5-7-19(8-6-18)25-33(28,29)21-11-12-22-23(15-21)32-14-13-31-22/h3-12,15,25H,13-14,16H2,1-2H3. The minimum atomic E-state index is -3.83. The molecule has 0 atom stereocenters. The van der Waals surface area contributed by atoms with E-state index in [1.807, 2.05) is 24.3 Å². The van der Waals surface area contributed by atoms with Gasteiger partial charge in [-0.15, -0.1) is 0 Å². The molecule has 0 radical (unpaired) electrons. The average molecular weight is 469 g/mol. The molecule has 0 spiro atoms. The Labute approximate surface area is 192 Å². The number of hydrogen-bond donors (Lipinski definition) is 1. The van der Waals surface area contributed by atoms with Crippen LogP contribution in [0.15, 0.2) is 71.6 Å². The fourth-order valence-electron chi connectivity index (χ4n) is 3.38. The Balaban J connectivity index is 1.42. The smallest absolute Gasteiger partial charge is 0.262 e. The quantitative estimate of drug-likeness (QED) is 0.570. The fourth-order valence-corrected chi connectivity index (χ4v) is 4.46. The van der Waals surface area contributed by atoms with Crippen LogP contribution in [-0.4, -0.2) is 46.6 Å². The molecule has 9 heteroatoms. The first kappa shape index (κ1) is 22.5. The van der Waals surface area contributed by atoms with Gasteiger partial charge in [0, 0.05) is 30.9 Å². The van der Waals surface area contributed by atoms with Crippen molar-refractivity contribution >= 4 is 21.6 Å². The molecule has 0 fully saturated rings. The van der Waals surface area contributed by atoms with Gasteiger partial charge in [0.15, 0.2) is 11.5 Å². The van der Waals surface area contributed by atoms with Crippen LogP contribution < -0.4 is 18.9 Å². The molecule has 172 valence electrons. The summed E-state index contributed by atoms with van der Waals surface area (Å²) >= 11 is 0. The Morgan fingerprint density at radius 3 is 2.30 bits per heavy atom. The average Bonchev–Trinajstić information content (AvgIpc) is 2.84. The molecule has 0 aromatic heterocycles. The third-order valence-corrected chi connectivity index (χ3v) is 6.51. The molecule has 8 nitrogen and oxygen atoms in total. The normalized spacial score (nSPS) is 12.7. The number of carbonyl (C=O) groups excluding carboxylic acids is 1. The van der Waals surface area contributed by atoms with Gasteiger partial charge in [0.1, 0.15) is 19.0 Å². The second kappa shape index (κ2) is 9.41. The van der Waals surface area contributed by atoms with Crippen molar-refractivity contribution in [2.45, 2.75) is 11.4 Å². The van der Waals surface area contributed by atoms with Crippen LogP contribution in [0, 0.1) is 0 Å². The number of ether oxygens (including phenoxy) is 3. The van der Waals surface area contributed by atoms with Crippen LogP contribution >= 0.6 is 0 Å². The molecular formula is C24H24N2O6S. The zero-order chi connectivity index (χ0) is 23.4. The van der Waals surface area contributed by atoms with E-state index in [0.717, 1.165) is 11.3 Å². The van der Waals surface area contributed by atoms with Crippen molar-refractivity contribution in [1.29, 1.82) is 0 Å². The maximum atomic E-state index is 12.8. The Morgan fingerprint density at radius 1 is 0.970 bits per heavy atom. The lowest BCUT2D eigenvalue weighted by Gasteiger charge is -2.19. The maximum absolute atomic E-state index is 12.8. The second-order valence-corrected chi connectivity index (χ2v) is 9.18. The van der Waals surface area contributed by atoms with Gasteiger partial charge in [-0.3, -0.25) is 9.52 Å². The van der Waals surface area contributed by atoms with Crippen LogP contribution in [0.1, 0.15) is 15.9 Å². The SMILES string of the molecule is COc1ccc(CN(C)C(=O)c2ccc(NS(=O)(=O)c3ccc4c(c3)OCCO4)cc2)cc1. The number of anilines is 1. The van der Waals surface area contributed by atoms with Gasteiger partial charge in [-0.2, -0.15) is 0 Å². The van der Waals surface area contributed by atoms with Crippen LogP contribution in [-0.2, 0) is 16.6 Å². The van der Waals surface area contributed by atoms with E-state index in [0.29, 0.717) is 42.5 Å². The summed E-state index contributed by atoms with van der Waals surface area (Å²) in [5, 5.41) is 0. The number of methoxy groups -OCH3 is 1. The van der Waals surface area contributed by atoms with E-state index in [-0.39, 0.29) is 10.8 Å². The first-order chi connectivity index (χ1) is 15.9. The molecule has 1 aliphatic rings. The summed E-state index contributed by atoms with van der Waals surface area (Å²) in [7, 11) is -0.519. The predicted octanol–water partition coefficient (Wildman–Crippen LogP) is 3.54. The van der Waals surface area contributed by atoms with E-state index in [1.165, 1.54) is 12.1 Å². The lowest BCUT2D eigenvalue weighted by molar-refractivity contribution is 0.0785. The molecule has 33 heavy (non-hydrogen) atoms. The van der Waals surface area contributed by atoms with Crippen molar-refractivity contribution < 1.29 is 27.4 Å². The summed E-state index contributed by atoms with van der Waals surface area (Å²) in [6.07, 6.45) is 0. The van der Waals surface area contributed by atoms with E-state index in [4.69, 9.17) is 14.2 Å². The van der Waals surface area contributed by atoms with Gasteiger partial charge in [-0.05, 0) is 54.1 Å². The third-order valence-electron chi connectivity index (χ3n) is 5.13. The third kappa shape index (κ3) is 5.20. The number of fused-ring (bicyclic) bond motifs is 1. The number of carbonyl (C=O) groups is 1. The highest BCUT2D eigenvalue weighted by atomic mass is 32.2. The Bertz CT molecular complexity index is 1240. The summed E-state index contributed by atoms with van der Waals surface area (Å²) in [6, 6.07) is 18.3. The van der Waals surface area contributed by atoms with E-state index < -0.39 is 10.0 Å². The van der Waals surface area contributed by atoms with Crippen molar-refractivity contribution in [3.63, 3.8) is 0 Å². The minimum absolute atomic E-state index is 0.0612. The Hall–Kier alpha value is -3.72. The first-order valence-corrected chi connectivity index (χ1v) is 11.7. The number of hydrogen-bond acceptors (Lipinski definition) is 6. The molecule has 1 amide bonds. The fraction of sp³-hybridized carbons (Fsp3) is 0.208. The molecule has 3 aromatic rings. The lowest BCUT2D eigenvalue weighted by Crippen LogP contribution is -2.26. The number of sulfonamides is 1. The highest BCUT2D eigenvalue weighted by molar-refractivity contribution is 7.92. The molecule has 4 rings (SSSR count). The summed E-state index contributed by atoms with van der Waals surface area (Å²) in [6.45, 7) is 1.23. The maximum Gasteiger partial charge on any atom is 0.262 e. The zero-order valence-electron chi connectivity index (χ0n) is 18.3. The number of nitrogens with zero attached hydrogens (tertiary/aromatic N) is 1. The van der Waals surface area contributed by atoms with Crippen LogP contribution in [0.25, 0.3) is 0 Å². The van der Waals surface area contributed by atoms with Gasteiger partial charge in [0.2, 0.25) is 0 Å². The molecule has 1 N–H and O–H groups in total. The van der Waals surface area contributed by atoms with Gasteiger partial charge in [-0.1, -0.05) is 12.1 Å². The molecule has 0 saturated heterocycles. The summed E-state index contributed by atoms with van der Waals surface area (Å²) in [5.41, 5.74) is 1.77. The number of benzene rings is 3. The number of amides is 1. The van der Waals surface area contributed by atoms with Crippen LogP contribution in [0.2, 0.25) is 0 Å².